The lowest BCUT2D eigenvalue weighted by molar-refractivity contribution is 0.0942. The molecule has 0 spiro atoms. The number of carbonyl (C=O) groups excluding carboxylic acids is 2. The van der Waals surface area contributed by atoms with Gasteiger partial charge in [0.1, 0.15) is 5.52 Å². The topological polar surface area (TPSA) is 119 Å². The van der Waals surface area contributed by atoms with Gasteiger partial charge in [0.2, 0.25) is 5.95 Å². The summed E-state index contributed by atoms with van der Waals surface area (Å²) in [6.07, 6.45) is 0. The molecule has 0 unspecified atom stereocenters. The van der Waals surface area contributed by atoms with E-state index in [1.807, 2.05) is 0 Å². The number of imidazole rings is 1. The van der Waals surface area contributed by atoms with Crippen molar-refractivity contribution in [3.63, 3.8) is 0 Å². The van der Waals surface area contributed by atoms with Gasteiger partial charge in [-0.25, -0.2) is 4.98 Å². The highest BCUT2D eigenvalue weighted by molar-refractivity contribution is 6.36. The van der Waals surface area contributed by atoms with Gasteiger partial charge in [0, 0.05) is 28.0 Å². The number of H-pyrrole nitrogens is 1. The number of carbonyl (C=O) groups is 2. The molecule has 0 fully saturated rings. The predicted octanol–water partition coefficient (Wildman–Crippen LogP) is 6.94. The quantitative estimate of drug-likeness (QED) is 0.158. The first-order chi connectivity index (χ1) is 17.4. The minimum Gasteiger partial charge on any atom is -0.389 e. The molecule has 0 aliphatic heterocycles. The standard InChI is InChI=1S/C26H24Cl3N5O3.ClH/c1-13-18(28)5-4-6-20(13)32-24(36)17-10-15(31-23(35)16-9-14(27)7-8-19(16)29)11-21-22(17)34-25(33-21)30-12-26(2,3)37;/h4-11,37H,12H2,1-3H3,(H,31,35)(H,32,36)(H2,30,33,34);1H. The van der Waals surface area contributed by atoms with E-state index in [1.54, 1.807) is 51.1 Å². The number of rotatable bonds is 7. The van der Waals surface area contributed by atoms with Crippen molar-refractivity contribution in [1.29, 1.82) is 0 Å². The number of amides is 2. The van der Waals surface area contributed by atoms with E-state index < -0.39 is 17.4 Å². The van der Waals surface area contributed by atoms with Crippen LogP contribution in [0.1, 0.15) is 40.1 Å². The zero-order valence-corrected chi connectivity index (χ0v) is 23.7. The Hall–Kier alpha value is -3.01. The van der Waals surface area contributed by atoms with Crippen molar-refractivity contribution in [2.75, 3.05) is 22.5 Å². The Morgan fingerprint density at radius 3 is 2.39 bits per heavy atom. The van der Waals surface area contributed by atoms with E-state index in [-0.39, 0.29) is 35.1 Å². The van der Waals surface area contributed by atoms with Gasteiger partial charge in [0.15, 0.2) is 0 Å². The molecule has 8 nitrogen and oxygen atoms in total. The molecular weight excluding hydrogens is 572 g/mol. The van der Waals surface area contributed by atoms with Crippen LogP contribution >= 0.6 is 47.2 Å². The van der Waals surface area contributed by atoms with Crippen molar-refractivity contribution in [1.82, 2.24) is 9.97 Å². The fraction of sp³-hybridized carbons (Fsp3) is 0.192. The number of aromatic nitrogens is 2. The van der Waals surface area contributed by atoms with Gasteiger partial charge in [0.25, 0.3) is 11.8 Å². The average Bonchev–Trinajstić information content (AvgIpc) is 3.24. The number of nitrogens with one attached hydrogen (secondary N) is 4. The van der Waals surface area contributed by atoms with E-state index >= 15 is 0 Å². The van der Waals surface area contributed by atoms with Gasteiger partial charge in [0.05, 0.1) is 27.3 Å². The Morgan fingerprint density at radius 1 is 0.974 bits per heavy atom. The Bertz CT molecular complexity index is 1520. The van der Waals surface area contributed by atoms with Crippen LogP contribution in [-0.4, -0.2) is 39.0 Å². The number of fused-ring (bicyclic) bond motifs is 1. The van der Waals surface area contributed by atoms with Gasteiger partial charge in [-0.1, -0.05) is 40.9 Å². The summed E-state index contributed by atoms with van der Waals surface area (Å²) in [5.41, 5.74) is 1.85. The molecule has 0 saturated heterocycles. The molecular formula is C26H25Cl4N5O3. The first-order valence-corrected chi connectivity index (χ1v) is 12.4. The summed E-state index contributed by atoms with van der Waals surface area (Å²) >= 11 is 18.4. The summed E-state index contributed by atoms with van der Waals surface area (Å²) < 4.78 is 0. The third-order valence-electron chi connectivity index (χ3n) is 5.47. The molecule has 200 valence electrons. The highest BCUT2D eigenvalue weighted by Gasteiger charge is 2.20. The summed E-state index contributed by atoms with van der Waals surface area (Å²) in [6.45, 7) is 5.33. The van der Waals surface area contributed by atoms with Crippen LogP contribution < -0.4 is 16.0 Å². The molecule has 4 rings (SSSR count). The number of aliphatic hydroxyl groups is 1. The molecule has 0 radical (unpaired) electrons. The summed E-state index contributed by atoms with van der Waals surface area (Å²) in [7, 11) is 0. The largest absolute Gasteiger partial charge is 0.389 e. The first-order valence-electron chi connectivity index (χ1n) is 11.2. The van der Waals surface area contributed by atoms with Crippen LogP contribution in [0.2, 0.25) is 15.1 Å². The second kappa shape index (κ2) is 11.8. The molecule has 4 aromatic rings. The van der Waals surface area contributed by atoms with Crippen molar-refractivity contribution in [2.45, 2.75) is 26.4 Å². The number of nitrogens with zero attached hydrogens (tertiary/aromatic N) is 1. The lowest BCUT2D eigenvalue weighted by atomic mass is 10.1. The smallest absolute Gasteiger partial charge is 0.258 e. The molecule has 0 atom stereocenters. The summed E-state index contributed by atoms with van der Waals surface area (Å²) in [5.74, 6) is -0.594. The number of halogens is 4. The normalized spacial score (nSPS) is 11.1. The van der Waals surface area contributed by atoms with Gasteiger partial charge in [-0.15, -0.1) is 12.4 Å². The van der Waals surface area contributed by atoms with Crippen LogP contribution in [-0.2, 0) is 0 Å². The van der Waals surface area contributed by atoms with Crippen molar-refractivity contribution in [2.24, 2.45) is 0 Å². The van der Waals surface area contributed by atoms with E-state index in [0.29, 0.717) is 44.0 Å². The van der Waals surface area contributed by atoms with Gasteiger partial charge < -0.3 is 26.0 Å². The van der Waals surface area contributed by atoms with E-state index in [2.05, 4.69) is 25.9 Å². The lowest BCUT2D eigenvalue weighted by Gasteiger charge is -2.16. The molecule has 0 aliphatic carbocycles. The minimum absolute atomic E-state index is 0. The zero-order valence-electron chi connectivity index (χ0n) is 20.6. The Labute approximate surface area is 240 Å². The van der Waals surface area contributed by atoms with E-state index in [9.17, 15) is 14.7 Å². The highest BCUT2D eigenvalue weighted by Crippen LogP contribution is 2.29. The first kappa shape index (κ1) is 29.5. The van der Waals surface area contributed by atoms with E-state index in [4.69, 9.17) is 34.8 Å². The third-order valence-corrected chi connectivity index (χ3v) is 6.44. The second-order valence-corrected chi connectivity index (χ2v) is 10.4. The minimum atomic E-state index is -0.987. The predicted molar refractivity (Wildman–Crippen MR) is 157 cm³/mol. The van der Waals surface area contributed by atoms with Crippen molar-refractivity contribution < 1.29 is 14.7 Å². The molecule has 0 bridgehead atoms. The van der Waals surface area contributed by atoms with Crippen molar-refractivity contribution >= 4 is 87.4 Å². The van der Waals surface area contributed by atoms with E-state index in [0.717, 1.165) is 0 Å². The maximum Gasteiger partial charge on any atom is 0.258 e. The number of anilines is 3. The fourth-order valence-corrected chi connectivity index (χ4v) is 4.10. The average molecular weight is 597 g/mol. The third kappa shape index (κ3) is 6.89. The second-order valence-electron chi connectivity index (χ2n) is 9.12. The Kier molecular flexibility index (Phi) is 9.17. The van der Waals surface area contributed by atoms with Crippen LogP contribution in [0.4, 0.5) is 17.3 Å². The molecule has 0 saturated carbocycles. The highest BCUT2D eigenvalue weighted by atomic mass is 35.5. The Morgan fingerprint density at radius 2 is 1.68 bits per heavy atom. The number of hydrogen-bond acceptors (Lipinski definition) is 5. The maximum absolute atomic E-state index is 13.4. The summed E-state index contributed by atoms with van der Waals surface area (Å²) in [6, 6.07) is 13.0. The molecule has 12 heteroatoms. The molecule has 38 heavy (non-hydrogen) atoms. The molecule has 5 N–H and O–H groups in total. The summed E-state index contributed by atoms with van der Waals surface area (Å²) in [4.78, 5) is 34.0. The van der Waals surface area contributed by atoms with Crippen LogP contribution in [0.5, 0.6) is 0 Å². The van der Waals surface area contributed by atoms with Crippen LogP contribution in [0, 0.1) is 6.92 Å². The number of aromatic amines is 1. The van der Waals surface area contributed by atoms with Gasteiger partial charge in [-0.05, 0) is 68.8 Å². The monoisotopic (exact) mass is 595 g/mol. The van der Waals surface area contributed by atoms with Gasteiger partial charge >= 0.3 is 0 Å². The van der Waals surface area contributed by atoms with Crippen molar-refractivity contribution in [3.8, 4) is 0 Å². The summed E-state index contributed by atoms with van der Waals surface area (Å²) in [5, 5.41) is 19.8. The van der Waals surface area contributed by atoms with Crippen molar-refractivity contribution in [3.05, 3.63) is 80.3 Å². The van der Waals surface area contributed by atoms with Gasteiger partial charge in [-0.2, -0.15) is 0 Å². The van der Waals surface area contributed by atoms with Gasteiger partial charge in [-0.3, -0.25) is 9.59 Å². The maximum atomic E-state index is 13.4. The van der Waals surface area contributed by atoms with Crippen LogP contribution in [0.25, 0.3) is 11.0 Å². The Balaban J connectivity index is 0.00000400. The number of hydrogen-bond donors (Lipinski definition) is 5. The van der Waals surface area contributed by atoms with Crippen LogP contribution in [0.15, 0.2) is 48.5 Å². The fourth-order valence-electron chi connectivity index (χ4n) is 3.55. The lowest BCUT2D eigenvalue weighted by Crippen LogP contribution is -2.29. The molecule has 3 aromatic carbocycles. The van der Waals surface area contributed by atoms with E-state index in [1.165, 1.54) is 18.2 Å². The molecule has 2 amide bonds. The molecule has 0 aliphatic rings. The van der Waals surface area contributed by atoms with Crippen LogP contribution in [0.3, 0.4) is 0 Å². The number of benzene rings is 3. The molecule has 1 heterocycles. The SMILES string of the molecule is Cc1c(Cl)cccc1NC(=O)c1cc(NC(=O)c2cc(Cl)ccc2Cl)cc2[nH]c(NCC(C)(C)O)nc12.Cl. The molecule has 1 aromatic heterocycles. The zero-order chi connectivity index (χ0) is 26.9.